The van der Waals surface area contributed by atoms with Crippen molar-refractivity contribution in [2.75, 3.05) is 19.7 Å². The molecule has 2 aromatic carbocycles. The van der Waals surface area contributed by atoms with E-state index >= 15 is 0 Å². The number of nitrogens with zero attached hydrogens (tertiary/aromatic N) is 4. The summed E-state index contributed by atoms with van der Waals surface area (Å²) in [5.41, 5.74) is 2.00. The molecule has 8 heteroatoms. The number of benzene rings is 2. The standard InChI is InChI=1S/C19H18FN5O2/c20-14-5-3-4-13(10-14)11-15-12-25(8-9-27-15)19(26)17-7-2-1-6-16(17)18-21-23-24-22-18/h1-7,10,15H,8-9,11-12H2,(H,21,22,23,24)/t15-/m0/s1. The van der Waals surface area contributed by atoms with Crippen molar-refractivity contribution in [3.8, 4) is 11.4 Å². The molecule has 1 saturated heterocycles. The van der Waals surface area contributed by atoms with Crippen LogP contribution in [0, 0.1) is 5.82 Å². The van der Waals surface area contributed by atoms with Crippen LogP contribution in [-0.4, -0.2) is 57.2 Å². The van der Waals surface area contributed by atoms with Crippen molar-refractivity contribution >= 4 is 5.91 Å². The molecule has 7 nitrogen and oxygen atoms in total. The monoisotopic (exact) mass is 367 g/mol. The number of tetrazole rings is 1. The normalized spacial score (nSPS) is 17.1. The Hall–Kier alpha value is -3.13. The number of carbonyl (C=O) groups is 1. The first-order valence-electron chi connectivity index (χ1n) is 8.69. The summed E-state index contributed by atoms with van der Waals surface area (Å²) in [6.07, 6.45) is 0.371. The fraction of sp³-hybridized carbons (Fsp3) is 0.263. The molecule has 3 aromatic rings. The van der Waals surface area contributed by atoms with Gasteiger partial charge in [0.05, 0.1) is 18.3 Å². The highest BCUT2D eigenvalue weighted by Gasteiger charge is 2.27. The summed E-state index contributed by atoms with van der Waals surface area (Å²) >= 11 is 0. The Morgan fingerprint density at radius 1 is 1.26 bits per heavy atom. The number of morpholine rings is 1. The molecule has 27 heavy (non-hydrogen) atoms. The molecule has 1 atom stereocenters. The molecular weight excluding hydrogens is 349 g/mol. The third-order valence-corrected chi connectivity index (χ3v) is 4.52. The number of rotatable bonds is 4. The van der Waals surface area contributed by atoms with Crippen LogP contribution in [0.15, 0.2) is 48.5 Å². The van der Waals surface area contributed by atoms with Crippen LogP contribution < -0.4 is 0 Å². The first-order chi connectivity index (χ1) is 13.2. The largest absolute Gasteiger partial charge is 0.374 e. The number of H-pyrrole nitrogens is 1. The summed E-state index contributed by atoms with van der Waals surface area (Å²) in [6.45, 7) is 1.38. The van der Waals surface area contributed by atoms with Gasteiger partial charge in [-0.3, -0.25) is 4.79 Å². The summed E-state index contributed by atoms with van der Waals surface area (Å²) in [5, 5.41) is 13.9. The van der Waals surface area contributed by atoms with E-state index in [2.05, 4.69) is 20.6 Å². The van der Waals surface area contributed by atoms with Crippen LogP contribution in [0.25, 0.3) is 11.4 Å². The average Bonchev–Trinajstić information content (AvgIpc) is 3.22. The van der Waals surface area contributed by atoms with Gasteiger partial charge in [-0.05, 0) is 29.0 Å². The molecule has 0 bridgehead atoms. The van der Waals surface area contributed by atoms with Gasteiger partial charge in [-0.1, -0.05) is 30.3 Å². The molecule has 0 spiro atoms. The Balaban J connectivity index is 1.51. The van der Waals surface area contributed by atoms with Crippen molar-refractivity contribution in [2.45, 2.75) is 12.5 Å². The van der Waals surface area contributed by atoms with Gasteiger partial charge in [0, 0.05) is 25.1 Å². The predicted molar refractivity (Wildman–Crippen MR) is 95.4 cm³/mol. The first-order valence-corrected chi connectivity index (χ1v) is 8.69. The predicted octanol–water partition coefficient (Wildman–Crippen LogP) is 2.09. The molecule has 138 valence electrons. The SMILES string of the molecule is O=C(c1ccccc1-c1nn[nH]n1)N1CCO[C@@H](Cc2cccc(F)c2)C1. The molecule has 1 amide bonds. The van der Waals surface area contributed by atoms with Gasteiger partial charge < -0.3 is 9.64 Å². The van der Waals surface area contributed by atoms with Crippen molar-refractivity contribution in [2.24, 2.45) is 0 Å². The van der Waals surface area contributed by atoms with Crippen LogP contribution in [0.5, 0.6) is 0 Å². The highest BCUT2D eigenvalue weighted by molar-refractivity contribution is 6.00. The highest BCUT2D eigenvalue weighted by atomic mass is 19.1. The van der Waals surface area contributed by atoms with Gasteiger partial charge in [0.25, 0.3) is 5.91 Å². The summed E-state index contributed by atoms with van der Waals surface area (Å²) in [5.74, 6) is -0.00302. The minimum absolute atomic E-state index is 0.108. The number of ether oxygens (including phenoxy) is 1. The van der Waals surface area contributed by atoms with Crippen LogP contribution in [0.4, 0.5) is 4.39 Å². The lowest BCUT2D eigenvalue weighted by Gasteiger charge is -2.33. The number of hydrogen-bond acceptors (Lipinski definition) is 5. The van der Waals surface area contributed by atoms with E-state index in [9.17, 15) is 9.18 Å². The molecule has 0 radical (unpaired) electrons. The van der Waals surface area contributed by atoms with E-state index in [0.29, 0.717) is 43.1 Å². The maximum atomic E-state index is 13.4. The lowest BCUT2D eigenvalue weighted by atomic mass is 10.0. The zero-order valence-electron chi connectivity index (χ0n) is 14.5. The lowest BCUT2D eigenvalue weighted by Crippen LogP contribution is -2.46. The Labute approximate surface area is 155 Å². The van der Waals surface area contributed by atoms with E-state index in [4.69, 9.17) is 4.74 Å². The lowest BCUT2D eigenvalue weighted by molar-refractivity contribution is -0.0208. The third kappa shape index (κ3) is 3.85. The van der Waals surface area contributed by atoms with Crippen LogP contribution in [0.3, 0.4) is 0 Å². The molecule has 0 unspecified atom stereocenters. The second kappa shape index (κ2) is 7.63. The Morgan fingerprint density at radius 3 is 2.96 bits per heavy atom. The van der Waals surface area contributed by atoms with Gasteiger partial charge in [0.1, 0.15) is 5.82 Å². The Kier molecular flexibility index (Phi) is 4.88. The van der Waals surface area contributed by atoms with Crippen molar-refractivity contribution < 1.29 is 13.9 Å². The van der Waals surface area contributed by atoms with Gasteiger partial charge in [-0.25, -0.2) is 4.39 Å². The molecule has 1 aromatic heterocycles. The van der Waals surface area contributed by atoms with Crippen LogP contribution >= 0.6 is 0 Å². The number of halogens is 1. The smallest absolute Gasteiger partial charge is 0.254 e. The summed E-state index contributed by atoms with van der Waals surface area (Å²) < 4.78 is 19.2. The van der Waals surface area contributed by atoms with E-state index < -0.39 is 0 Å². The number of nitrogens with one attached hydrogen (secondary N) is 1. The fourth-order valence-corrected chi connectivity index (χ4v) is 3.26. The highest BCUT2D eigenvalue weighted by Crippen LogP contribution is 2.22. The summed E-state index contributed by atoms with van der Waals surface area (Å²) in [7, 11) is 0. The maximum absolute atomic E-state index is 13.4. The molecule has 1 aliphatic rings. The van der Waals surface area contributed by atoms with E-state index in [1.54, 1.807) is 23.1 Å². The molecule has 0 saturated carbocycles. The van der Waals surface area contributed by atoms with Crippen LogP contribution in [0.2, 0.25) is 0 Å². The molecule has 4 rings (SSSR count). The van der Waals surface area contributed by atoms with E-state index in [1.807, 2.05) is 18.2 Å². The van der Waals surface area contributed by atoms with Gasteiger partial charge >= 0.3 is 0 Å². The molecular formula is C19H18FN5O2. The fourth-order valence-electron chi connectivity index (χ4n) is 3.26. The van der Waals surface area contributed by atoms with Gasteiger partial charge in [0.2, 0.25) is 5.82 Å². The minimum atomic E-state index is -0.273. The number of aromatic nitrogens is 4. The topological polar surface area (TPSA) is 84.0 Å². The average molecular weight is 367 g/mol. The molecule has 1 fully saturated rings. The number of amides is 1. The van der Waals surface area contributed by atoms with Crippen molar-refractivity contribution in [3.05, 3.63) is 65.5 Å². The molecule has 2 heterocycles. The second-order valence-corrected chi connectivity index (χ2v) is 6.36. The van der Waals surface area contributed by atoms with Crippen LogP contribution in [-0.2, 0) is 11.2 Å². The quantitative estimate of drug-likeness (QED) is 0.763. The van der Waals surface area contributed by atoms with Gasteiger partial charge in [-0.15, -0.1) is 10.2 Å². The van der Waals surface area contributed by atoms with Crippen molar-refractivity contribution in [3.63, 3.8) is 0 Å². The first kappa shape index (κ1) is 17.3. The number of carbonyl (C=O) groups excluding carboxylic acids is 1. The minimum Gasteiger partial charge on any atom is -0.374 e. The molecule has 1 N–H and O–H groups in total. The molecule has 0 aliphatic carbocycles. The Morgan fingerprint density at radius 2 is 2.15 bits per heavy atom. The zero-order valence-corrected chi connectivity index (χ0v) is 14.5. The zero-order chi connectivity index (χ0) is 18.6. The van der Waals surface area contributed by atoms with E-state index in [-0.39, 0.29) is 17.8 Å². The molecule has 1 aliphatic heterocycles. The Bertz CT molecular complexity index is 931. The number of hydrogen-bond donors (Lipinski definition) is 1. The summed E-state index contributed by atoms with van der Waals surface area (Å²) in [6, 6.07) is 13.6. The van der Waals surface area contributed by atoms with E-state index in [1.165, 1.54) is 12.1 Å². The third-order valence-electron chi connectivity index (χ3n) is 4.52. The summed E-state index contributed by atoms with van der Waals surface area (Å²) in [4.78, 5) is 14.8. The van der Waals surface area contributed by atoms with Crippen molar-refractivity contribution in [1.82, 2.24) is 25.5 Å². The van der Waals surface area contributed by atoms with Gasteiger partial charge in [-0.2, -0.15) is 5.21 Å². The second-order valence-electron chi connectivity index (χ2n) is 6.36. The number of aromatic amines is 1. The van der Waals surface area contributed by atoms with Gasteiger partial charge in [0.15, 0.2) is 0 Å². The van der Waals surface area contributed by atoms with E-state index in [0.717, 1.165) is 5.56 Å². The maximum Gasteiger partial charge on any atom is 0.254 e. The van der Waals surface area contributed by atoms with Crippen LogP contribution in [0.1, 0.15) is 15.9 Å². The van der Waals surface area contributed by atoms with Crippen molar-refractivity contribution in [1.29, 1.82) is 0 Å².